The number of anilines is 1. The van der Waals surface area contributed by atoms with E-state index in [1.807, 2.05) is 24.3 Å². The van der Waals surface area contributed by atoms with Gasteiger partial charge in [-0.25, -0.2) is 0 Å². The summed E-state index contributed by atoms with van der Waals surface area (Å²) in [4.78, 5) is 1.18. The highest BCUT2D eigenvalue weighted by molar-refractivity contribution is 7.99. The van der Waals surface area contributed by atoms with Crippen molar-refractivity contribution in [2.75, 3.05) is 18.1 Å². The van der Waals surface area contributed by atoms with Gasteiger partial charge >= 0.3 is 0 Å². The summed E-state index contributed by atoms with van der Waals surface area (Å²) in [6.45, 7) is 0.213. The Morgan fingerprint density at radius 1 is 0.882 bits per heavy atom. The molecule has 0 heterocycles. The lowest BCUT2D eigenvalue weighted by molar-refractivity contribution is 0.322. The Morgan fingerprint density at radius 2 is 1.41 bits per heavy atom. The average Bonchev–Trinajstić information content (AvgIpc) is 2.38. The van der Waals surface area contributed by atoms with E-state index in [4.69, 9.17) is 10.8 Å². The normalized spacial score (nSPS) is 10.4. The van der Waals surface area contributed by atoms with Gasteiger partial charge in [-0.2, -0.15) is 0 Å². The maximum Gasteiger partial charge on any atom is 0.0525 e. The quantitative estimate of drug-likeness (QED) is 0.643. The maximum atomic E-state index is 8.75. The SMILES string of the molecule is Nc1ccc(-c2ccc(SCCO)cc2)cc1. The van der Waals surface area contributed by atoms with Crippen molar-refractivity contribution in [2.24, 2.45) is 0 Å². The Hall–Kier alpha value is -1.45. The third-order valence-corrected chi connectivity index (χ3v) is 3.45. The Kier molecular flexibility index (Phi) is 4.07. The van der Waals surface area contributed by atoms with Gasteiger partial charge in [-0.1, -0.05) is 24.3 Å². The van der Waals surface area contributed by atoms with Crippen molar-refractivity contribution in [3.63, 3.8) is 0 Å². The van der Waals surface area contributed by atoms with Crippen LogP contribution in [-0.4, -0.2) is 17.5 Å². The van der Waals surface area contributed by atoms with Crippen molar-refractivity contribution in [3.8, 4) is 11.1 Å². The van der Waals surface area contributed by atoms with Gasteiger partial charge in [0.1, 0.15) is 0 Å². The molecule has 0 aromatic heterocycles. The van der Waals surface area contributed by atoms with E-state index in [1.54, 1.807) is 11.8 Å². The van der Waals surface area contributed by atoms with Gasteiger partial charge in [0.25, 0.3) is 0 Å². The van der Waals surface area contributed by atoms with Crippen molar-refractivity contribution >= 4 is 17.4 Å². The largest absolute Gasteiger partial charge is 0.399 e. The molecule has 0 radical (unpaired) electrons. The zero-order valence-corrected chi connectivity index (χ0v) is 10.3. The van der Waals surface area contributed by atoms with Crippen LogP contribution < -0.4 is 5.73 Å². The van der Waals surface area contributed by atoms with Crippen molar-refractivity contribution in [1.82, 2.24) is 0 Å². The highest BCUT2D eigenvalue weighted by atomic mass is 32.2. The summed E-state index contributed by atoms with van der Waals surface area (Å²) in [6, 6.07) is 16.2. The van der Waals surface area contributed by atoms with Gasteiger partial charge in [-0.3, -0.25) is 0 Å². The molecule has 2 rings (SSSR count). The molecule has 0 aliphatic heterocycles. The fourth-order valence-corrected chi connectivity index (χ4v) is 2.24. The van der Waals surface area contributed by atoms with Crippen LogP contribution in [0.4, 0.5) is 5.69 Å². The Labute approximate surface area is 105 Å². The fourth-order valence-electron chi connectivity index (χ4n) is 1.58. The van der Waals surface area contributed by atoms with E-state index in [1.165, 1.54) is 10.5 Å². The molecule has 2 nitrogen and oxygen atoms in total. The third kappa shape index (κ3) is 3.25. The van der Waals surface area contributed by atoms with E-state index in [0.29, 0.717) is 0 Å². The molecule has 0 bridgehead atoms. The maximum absolute atomic E-state index is 8.75. The van der Waals surface area contributed by atoms with Crippen LogP contribution in [0.25, 0.3) is 11.1 Å². The second-order valence-corrected chi connectivity index (χ2v) is 4.89. The molecule has 2 aromatic carbocycles. The molecule has 0 unspecified atom stereocenters. The first-order valence-corrected chi connectivity index (χ1v) is 6.48. The van der Waals surface area contributed by atoms with E-state index >= 15 is 0 Å². The number of rotatable bonds is 4. The van der Waals surface area contributed by atoms with Gasteiger partial charge in [0, 0.05) is 16.3 Å². The lowest BCUT2D eigenvalue weighted by Gasteiger charge is -2.04. The lowest BCUT2D eigenvalue weighted by atomic mass is 10.1. The second kappa shape index (κ2) is 5.75. The minimum atomic E-state index is 0.213. The van der Waals surface area contributed by atoms with E-state index in [-0.39, 0.29) is 6.61 Å². The molecule has 3 N–H and O–H groups in total. The predicted octanol–water partition coefficient (Wildman–Crippen LogP) is 3.02. The minimum Gasteiger partial charge on any atom is -0.399 e. The molecular formula is C14H15NOS. The standard InChI is InChI=1S/C14H15NOS/c15-13-5-1-11(2-6-13)12-3-7-14(8-4-12)17-10-9-16/h1-8,16H,9-10,15H2. The van der Waals surface area contributed by atoms with Crippen LogP contribution in [-0.2, 0) is 0 Å². The molecule has 0 spiro atoms. The first kappa shape index (κ1) is 12.0. The molecule has 0 aliphatic carbocycles. The Balaban J connectivity index is 2.14. The number of hydrogen-bond acceptors (Lipinski definition) is 3. The monoisotopic (exact) mass is 245 g/mol. The number of nitrogen functional groups attached to an aromatic ring is 1. The summed E-state index contributed by atoms with van der Waals surface area (Å²) >= 11 is 1.66. The van der Waals surface area contributed by atoms with Gasteiger partial charge < -0.3 is 10.8 Å². The molecule has 2 aromatic rings. The summed E-state index contributed by atoms with van der Waals surface area (Å²) in [5, 5.41) is 8.75. The molecule has 0 saturated carbocycles. The Morgan fingerprint density at radius 3 is 1.94 bits per heavy atom. The third-order valence-electron chi connectivity index (χ3n) is 2.46. The van der Waals surface area contributed by atoms with Crippen molar-refractivity contribution < 1.29 is 5.11 Å². The van der Waals surface area contributed by atoms with Crippen molar-refractivity contribution in [2.45, 2.75) is 4.90 Å². The molecule has 88 valence electrons. The molecule has 17 heavy (non-hydrogen) atoms. The van der Waals surface area contributed by atoms with Crippen LogP contribution in [0.2, 0.25) is 0 Å². The van der Waals surface area contributed by atoms with Crippen LogP contribution in [0.3, 0.4) is 0 Å². The molecule has 0 amide bonds. The van der Waals surface area contributed by atoms with Gasteiger partial charge in [0.2, 0.25) is 0 Å². The first-order chi connectivity index (χ1) is 8.29. The van der Waals surface area contributed by atoms with Crippen molar-refractivity contribution in [3.05, 3.63) is 48.5 Å². The second-order valence-electron chi connectivity index (χ2n) is 3.72. The Bertz CT molecular complexity index is 465. The molecule has 3 heteroatoms. The topological polar surface area (TPSA) is 46.2 Å². The molecule has 0 saturated heterocycles. The van der Waals surface area contributed by atoms with Gasteiger partial charge in [-0.15, -0.1) is 11.8 Å². The fraction of sp³-hybridized carbons (Fsp3) is 0.143. The van der Waals surface area contributed by atoms with E-state index in [2.05, 4.69) is 24.3 Å². The summed E-state index contributed by atoms with van der Waals surface area (Å²) in [6.07, 6.45) is 0. The zero-order chi connectivity index (χ0) is 12.1. The number of aliphatic hydroxyl groups excluding tert-OH is 1. The van der Waals surface area contributed by atoms with Gasteiger partial charge in [-0.05, 0) is 35.4 Å². The highest BCUT2D eigenvalue weighted by Crippen LogP contribution is 2.24. The van der Waals surface area contributed by atoms with Crippen LogP contribution in [0.15, 0.2) is 53.4 Å². The highest BCUT2D eigenvalue weighted by Gasteiger charge is 1.98. The number of thioether (sulfide) groups is 1. The smallest absolute Gasteiger partial charge is 0.0525 e. The van der Waals surface area contributed by atoms with Crippen molar-refractivity contribution in [1.29, 1.82) is 0 Å². The average molecular weight is 245 g/mol. The number of nitrogens with two attached hydrogens (primary N) is 1. The summed E-state index contributed by atoms with van der Waals surface area (Å²) in [7, 11) is 0. The molecular weight excluding hydrogens is 230 g/mol. The molecule has 0 atom stereocenters. The number of hydrogen-bond donors (Lipinski definition) is 2. The van der Waals surface area contributed by atoms with E-state index in [9.17, 15) is 0 Å². The molecule has 0 aliphatic rings. The zero-order valence-electron chi connectivity index (χ0n) is 9.47. The number of aliphatic hydroxyl groups is 1. The van der Waals surface area contributed by atoms with E-state index in [0.717, 1.165) is 17.0 Å². The first-order valence-electron chi connectivity index (χ1n) is 5.49. The molecule has 0 fully saturated rings. The summed E-state index contributed by atoms with van der Waals surface area (Å²) < 4.78 is 0. The van der Waals surface area contributed by atoms with Gasteiger partial charge in [0.05, 0.1) is 6.61 Å². The van der Waals surface area contributed by atoms with Crippen LogP contribution in [0.5, 0.6) is 0 Å². The van der Waals surface area contributed by atoms with Crippen LogP contribution in [0.1, 0.15) is 0 Å². The predicted molar refractivity (Wildman–Crippen MR) is 74.1 cm³/mol. The van der Waals surface area contributed by atoms with Crippen LogP contribution >= 0.6 is 11.8 Å². The summed E-state index contributed by atoms with van der Waals surface area (Å²) in [5.41, 5.74) is 8.78. The lowest BCUT2D eigenvalue weighted by Crippen LogP contribution is -1.86. The number of benzene rings is 2. The van der Waals surface area contributed by atoms with Gasteiger partial charge in [0.15, 0.2) is 0 Å². The van der Waals surface area contributed by atoms with E-state index < -0.39 is 0 Å². The minimum absolute atomic E-state index is 0.213. The van der Waals surface area contributed by atoms with Crippen LogP contribution in [0, 0.1) is 0 Å². The summed E-state index contributed by atoms with van der Waals surface area (Å²) in [5.74, 6) is 0.737.